The van der Waals surface area contributed by atoms with Crippen molar-refractivity contribution in [3.8, 4) is 5.88 Å². The number of nitrogens with zero attached hydrogens (tertiary/aromatic N) is 2. The van der Waals surface area contributed by atoms with Crippen LogP contribution in [-0.4, -0.2) is 30.2 Å². The van der Waals surface area contributed by atoms with E-state index in [4.69, 9.17) is 21.9 Å². The van der Waals surface area contributed by atoms with Gasteiger partial charge in [-0.15, -0.1) is 0 Å². The lowest BCUT2D eigenvalue weighted by molar-refractivity contribution is 0.308. The van der Waals surface area contributed by atoms with Crippen LogP contribution in [0.5, 0.6) is 5.88 Å². The molecule has 1 aromatic heterocycles. The van der Waals surface area contributed by atoms with Gasteiger partial charge in [0.15, 0.2) is 5.82 Å². The summed E-state index contributed by atoms with van der Waals surface area (Å²) < 4.78 is 5.24. The summed E-state index contributed by atoms with van der Waals surface area (Å²) in [6, 6.07) is 0. The average Bonchev–Trinajstić information content (AvgIpc) is 2.13. The molecular weight excluding hydrogens is 184 g/mol. The van der Waals surface area contributed by atoms with Crippen molar-refractivity contribution >= 4 is 17.5 Å². The molecule has 0 radical (unpaired) electrons. The van der Waals surface area contributed by atoms with Crippen molar-refractivity contribution in [2.24, 2.45) is 0 Å². The van der Waals surface area contributed by atoms with Crippen LogP contribution in [-0.2, 0) is 0 Å². The van der Waals surface area contributed by atoms with Crippen molar-refractivity contribution in [3.63, 3.8) is 0 Å². The Hall–Kier alpha value is -1.76. The molecule has 78 valence electrons. The first kappa shape index (κ1) is 10.3. The van der Waals surface area contributed by atoms with Crippen LogP contribution in [0.25, 0.3) is 0 Å². The molecule has 0 atom stereocenters. The van der Waals surface area contributed by atoms with Crippen molar-refractivity contribution in [2.45, 2.75) is 0 Å². The van der Waals surface area contributed by atoms with Crippen molar-refractivity contribution in [3.05, 3.63) is 0 Å². The number of hydrogen-bond donors (Lipinski definition) is 4. The molecule has 0 saturated heterocycles. The van der Waals surface area contributed by atoms with Crippen LogP contribution in [0, 0.1) is 0 Å². The molecule has 0 aliphatic carbocycles. The largest absolute Gasteiger partial charge is 0.475 e. The topological polar surface area (TPSA) is 125 Å². The molecule has 7 heteroatoms. The van der Waals surface area contributed by atoms with E-state index in [1.165, 1.54) is 0 Å². The predicted octanol–water partition coefficient (Wildman–Crippen LogP) is -1.18. The fourth-order valence-corrected chi connectivity index (χ4v) is 0.842. The van der Waals surface area contributed by atoms with E-state index >= 15 is 0 Å². The Morgan fingerprint density at radius 2 is 2.00 bits per heavy atom. The van der Waals surface area contributed by atoms with Crippen LogP contribution in [0.1, 0.15) is 0 Å². The van der Waals surface area contributed by atoms with Gasteiger partial charge in [0.1, 0.15) is 12.3 Å². The lowest BCUT2D eigenvalue weighted by Crippen LogP contribution is -2.17. The van der Waals surface area contributed by atoms with E-state index in [9.17, 15) is 0 Å². The second-order valence-corrected chi connectivity index (χ2v) is 2.64. The number of nitrogen functional groups attached to an aromatic ring is 3. The predicted molar refractivity (Wildman–Crippen MR) is 54.7 cm³/mol. The van der Waals surface area contributed by atoms with Gasteiger partial charge >= 0.3 is 0 Å². The highest BCUT2D eigenvalue weighted by Gasteiger charge is 2.08. The average molecular weight is 198 g/mol. The zero-order chi connectivity index (χ0) is 10.6. The van der Waals surface area contributed by atoms with Gasteiger partial charge in [-0.3, -0.25) is 0 Å². The Morgan fingerprint density at radius 1 is 1.29 bits per heavy atom. The Kier molecular flexibility index (Phi) is 3.29. The molecule has 0 bridgehead atoms. The summed E-state index contributed by atoms with van der Waals surface area (Å²) in [5.74, 6) is 0.415. The van der Waals surface area contributed by atoms with E-state index in [2.05, 4.69) is 15.3 Å². The number of anilines is 3. The highest BCUT2D eigenvalue weighted by atomic mass is 16.5. The minimum atomic E-state index is 0.0520. The fourth-order valence-electron chi connectivity index (χ4n) is 0.842. The Bertz CT molecular complexity index is 315. The van der Waals surface area contributed by atoms with Gasteiger partial charge in [0.2, 0.25) is 11.8 Å². The molecule has 0 unspecified atom stereocenters. The maximum atomic E-state index is 5.58. The molecule has 7 N–H and O–H groups in total. The lowest BCUT2D eigenvalue weighted by Gasteiger charge is -2.08. The maximum Gasteiger partial charge on any atom is 0.244 e. The molecule has 0 saturated carbocycles. The van der Waals surface area contributed by atoms with Gasteiger partial charge < -0.3 is 27.3 Å². The molecule has 0 amide bonds. The van der Waals surface area contributed by atoms with Gasteiger partial charge in [0.25, 0.3) is 0 Å². The van der Waals surface area contributed by atoms with E-state index in [0.717, 1.165) is 0 Å². The minimum Gasteiger partial charge on any atom is -0.475 e. The first-order chi connectivity index (χ1) is 6.65. The van der Waals surface area contributed by atoms with E-state index in [-0.39, 0.29) is 23.3 Å². The quantitative estimate of drug-likeness (QED) is 0.449. The maximum absolute atomic E-state index is 5.58. The molecule has 14 heavy (non-hydrogen) atoms. The van der Waals surface area contributed by atoms with Crippen LogP contribution in [0.3, 0.4) is 0 Å². The van der Waals surface area contributed by atoms with Crippen LogP contribution in [0.15, 0.2) is 0 Å². The second-order valence-electron chi connectivity index (χ2n) is 2.64. The molecule has 0 spiro atoms. The van der Waals surface area contributed by atoms with Gasteiger partial charge in [-0.1, -0.05) is 0 Å². The SMILES string of the molecule is CNCCOc1nc(N)nc(N)c1N. The van der Waals surface area contributed by atoms with Gasteiger partial charge in [-0.05, 0) is 7.05 Å². The van der Waals surface area contributed by atoms with Crippen LogP contribution in [0.4, 0.5) is 17.5 Å². The van der Waals surface area contributed by atoms with E-state index in [1.807, 2.05) is 7.05 Å². The summed E-state index contributed by atoms with van der Waals surface area (Å²) in [5.41, 5.74) is 16.7. The first-order valence-electron chi connectivity index (χ1n) is 4.11. The van der Waals surface area contributed by atoms with Gasteiger partial charge in [-0.2, -0.15) is 9.97 Å². The Balaban J connectivity index is 2.75. The summed E-state index contributed by atoms with van der Waals surface area (Å²) in [4.78, 5) is 7.50. The molecule has 0 aromatic carbocycles. The molecular formula is C7H14N6O. The summed E-state index contributed by atoms with van der Waals surface area (Å²) in [5, 5.41) is 2.91. The van der Waals surface area contributed by atoms with Gasteiger partial charge in [-0.25, -0.2) is 0 Å². The number of ether oxygens (including phenoxy) is 1. The molecule has 0 fully saturated rings. The van der Waals surface area contributed by atoms with Crippen molar-refractivity contribution in [1.29, 1.82) is 0 Å². The zero-order valence-electron chi connectivity index (χ0n) is 7.95. The number of rotatable bonds is 4. The fraction of sp³-hybridized carbons (Fsp3) is 0.429. The van der Waals surface area contributed by atoms with Gasteiger partial charge in [0, 0.05) is 6.54 Å². The smallest absolute Gasteiger partial charge is 0.244 e. The third-order valence-electron chi connectivity index (χ3n) is 1.55. The monoisotopic (exact) mass is 198 g/mol. The molecule has 1 rings (SSSR count). The standard InChI is InChI=1S/C7H14N6O/c1-11-2-3-14-6-4(8)5(9)12-7(10)13-6/h11H,2-3,8H2,1H3,(H4,9,10,12,13). The lowest BCUT2D eigenvalue weighted by atomic mass is 10.4. The van der Waals surface area contributed by atoms with E-state index in [1.54, 1.807) is 0 Å². The van der Waals surface area contributed by atoms with E-state index < -0.39 is 0 Å². The summed E-state index contributed by atoms with van der Waals surface area (Å²) in [6.45, 7) is 1.12. The van der Waals surface area contributed by atoms with Crippen molar-refractivity contribution < 1.29 is 4.74 Å². The van der Waals surface area contributed by atoms with Crippen LogP contribution in [0.2, 0.25) is 0 Å². The van der Waals surface area contributed by atoms with Crippen molar-refractivity contribution in [1.82, 2.24) is 15.3 Å². The number of hydrogen-bond acceptors (Lipinski definition) is 7. The Morgan fingerprint density at radius 3 is 2.64 bits per heavy atom. The zero-order valence-corrected chi connectivity index (χ0v) is 7.95. The number of nitrogens with two attached hydrogens (primary N) is 3. The molecule has 1 heterocycles. The second kappa shape index (κ2) is 4.47. The third kappa shape index (κ3) is 2.36. The summed E-state index contributed by atoms with van der Waals surface area (Å²) in [7, 11) is 1.81. The highest BCUT2D eigenvalue weighted by Crippen LogP contribution is 2.23. The van der Waals surface area contributed by atoms with E-state index in [0.29, 0.717) is 13.2 Å². The first-order valence-corrected chi connectivity index (χ1v) is 4.11. The Labute approximate surface area is 81.6 Å². The minimum absolute atomic E-state index is 0.0520. The molecule has 0 aliphatic rings. The highest BCUT2D eigenvalue weighted by molar-refractivity contribution is 5.65. The van der Waals surface area contributed by atoms with Crippen LogP contribution >= 0.6 is 0 Å². The normalized spacial score (nSPS) is 10.1. The number of nitrogens with one attached hydrogen (secondary N) is 1. The van der Waals surface area contributed by atoms with Crippen LogP contribution < -0.4 is 27.3 Å². The summed E-state index contributed by atoms with van der Waals surface area (Å²) >= 11 is 0. The molecule has 0 aliphatic heterocycles. The molecule has 1 aromatic rings. The summed E-state index contributed by atoms with van der Waals surface area (Å²) in [6.07, 6.45) is 0. The molecule has 7 nitrogen and oxygen atoms in total. The third-order valence-corrected chi connectivity index (χ3v) is 1.55. The van der Waals surface area contributed by atoms with Gasteiger partial charge in [0.05, 0.1) is 0 Å². The van der Waals surface area contributed by atoms with Crippen molar-refractivity contribution in [2.75, 3.05) is 37.4 Å². The number of aromatic nitrogens is 2. The number of likely N-dealkylation sites (N-methyl/N-ethyl adjacent to an activating group) is 1.